The molecule has 0 aromatic rings. The summed E-state index contributed by atoms with van der Waals surface area (Å²) in [5, 5.41) is 1.94. The fraction of sp³-hybridized carbons (Fsp3) is 0.800. The average Bonchev–Trinajstić information content (AvgIpc) is 2.25. The van der Waals surface area contributed by atoms with Crippen LogP contribution in [0.15, 0.2) is 0 Å². The lowest BCUT2D eigenvalue weighted by molar-refractivity contribution is -0.172. The van der Waals surface area contributed by atoms with Crippen LogP contribution in [0, 0.1) is 0 Å². The first kappa shape index (κ1) is 15.4. The van der Waals surface area contributed by atoms with Gasteiger partial charge in [0, 0.05) is 12.0 Å². The highest BCUT2D eigenvalue weighted by Crippen LogP contribution is 2.36. The smallest absolute Gasteiger partial charge is 0.345 e. The van der Waals surface area contributed by atoms with Crippen molar-refractivity contribution in [1.29, 1.82) is 0 Å². The molecule has 0 spiro atoms. The van der Waals surface area contributed by atoms with Crippen molar-refractivity contribution < 1.29 is 27.2 Å². The first-order valence-corrected chi connectivity index (χ1v) is 6.42. The molecule has 1 rings (SSSR count). The highest BCUT2D eigenvalue weighted by Gasteiger charge is 2.52. The second-order valence-corrected chi connectivity index (χ2v) is 4.92. The number of rotatable bonds is 6. The van der Waals surface area contributed by atoms with Crippen LogP contribution in [-0.2, 0) is 9.59 Å². The topological polar surface area (TPSA) is 46.2 Å². The molecule has 1 saturated carbocycles. The Hall–Kier alpha value is -0.660. The molecular formula is C10H12BrF4NO2. The lowest BCUT2D eigenvalue weighted by atomic mass is 9.73. The molecule has 1 aliphatic rings. The van der Waals surface area contributed by atoms with E-state index in [1.165, 1.54) is 0 Å². The fourth-order valence-electron chi connectivity index (χ4n) is 1.80. The molecule has 3 nitrogen and oxygen atoms in total. The van der Waals surface area contributed by atoms with Crippen molar-refractivity contribution in [2.24, 2.45) is 0 Å². The van der Waals surface area contributed by atoms with Gasteiger partial charge in [-0.05, 0) is 19.3 Å². The van der Waals surface area contributed by atoms with Gasteiger partial charge in [-0.25, -0.2) is 8.78 Å². The van der Waals surface area contributed by atoms with Gasteiger partial charge >= 0.3 is 12.3 Å². The molecule has 0 radical (unpaired) electrons. The minimum Gasteiger partial charge on any atom is -0.345 e. The van der Waals surface area contributed by atoms with E-state index in [0.29, 0.717) is 19.3 Å². The second kappa shape index (κ2) is 5.54. The third-order valence-electron chi connectivity index (χ3n) is 2.95. The minimum absolute atomic E-state index is 0.0376. The lowest BCUT2D eigenvalue weighted by Crippen LogP contribution is -2.59. The van der Waals surface area contributed by atoms with Gasteiger partial charge in [0.2, 0.25) is 0 Å². The van der Waals surface area contributed by atoms with Gasteiger partial charge in [0.05, 0.1) is 5.33 Å². The standard InChI is InChI=1S/C10H12BrF4NO2/c11-5-6(17)4-9(2-1-3-9)16-8(18)10(14,15)7(12)13/h7H,1-5H2,(H,16,18). The van der Waals surface area contributed by atoms with Crippen LogP contribution < -0.4 is 5.32 Å². The summed E-state index contributed by atoms with van der Waals surface area (Å²) in [7, 11) is 0. The van der Waals surface area contributed by atoms with Crippen LogP contribution in [0.2, 0.25) is 0 Å². The Labute approximate surface area is 109 Å². The predicted octanol–water partition coefficient (Wildman–Crippen LogP) is 2.28. The average molecular weight is 334 g/mol. The maximum atomic E-state index is 12.8. The number of hydrogen-bond donors (Lipinski definition) is 1. The molecule has 0 aromatic carbocycles. The number of amides is 1. The van der Waals surface area contributed by atoms with Crippen LogP contribution in [-0.4, -0.2) is 34.9 Å². The van der Waals surface area contributed by atoms with Crippen LogP contribution in [0.25, 0.3) is 0 Å². The highest BCUT2D eigenvalue weighted by molar-refractivity contribution is 9.09. The Morgan fingerprint density at radius 2 is 1.89 bits per heavy atom. The van der Waals surface area contributed by atoms with Crippen molar-refractivity contribution in [2.75, 3.05) is 5.33 Å². The third kappa shape index (κ3) is 3.21. The summed E-state index contributed by atoms with van der Waals surface area (Å²) >= 11 is 2.92. The van der Waals surface area contributed by atoms with Gasteiger partial charge in [-0.3, -0.25) is 9.59 Å². The summed E-state index contributed by atoms with van der Waals surface area (Å²) in [6, 6.07) is 0. The molecule has 1 amide bonds. The normalized spacial score (nSPS) is 18.3. The summed E-state index contributed by atoms with van der Waals surface area (Å²) in [6.07, 6.45) is -2.82. The van der Waals surface area contributed by atoms with Crippen LogP contribution >= 0.6 is 15.9 Å². The van der Waals surface area contributed by atoms with E-state index in [-0.39, 0.29) is 17.5 Å². The van der Waals surface area contributed by atoms with E-state index < -0.39 is 23.8 Å². The monoisotopic (exact) mass is 333 g/mol. The quantitative estimate of drug-likeness (QED) is 0.598. The van der Waals surface area contributed by atoms with Gasteiger partial charge in [-0.1, -0.05) is 15.9 Å². The number of halogens is 5. The van der Waals surface area contributed by atoms with Crippen LogP contribution in [0.3, 0.4) is 0 Å². The van der Waals surface area contributed by atoms with Crippen molar-refractivity contribution in [3.8, 4) is 0 Å². The van der Waals surface area contributed by atoms with E-state index in [4.69, 9.17) is 0 Å². The predicted molar refractivity (Wildman–Crippen MR) is 59.1 cm³/mol. The highest BCUT2D eigenvalue weighted by atomic mass is 79.9. The summed E-state index contributed by atoms with van der Waals surface area (Å²) in [4.78, 5) is 22.4. The van der Waals surface area contributed by atoms with E-state index in [0.717, 1.165) is 0 Å². The summed E-state index contributed by atoms with van der Waals surface area (Å²) in [6.45, 7) is 0. The first-order valence-electron chi connectivity index (χ1n) is 5.30. The molecule has 0 aliphatic heterocycles. The number of carbonyl (C=O) groups excluding carboxylic acids is 2. The van der Waals surface area contributed by atoms with Gasteiger partial charge in [0.25, 0.3) is 5.91 Å². The van der Waals surface area contributed by atoms with Crippen molar-refractivity contribution in [2.45, 2.75) is 43.6 Å². The van der Waals surface area contributed by atoms with Crippen molar-refractivity contribution in [3.63, 3.8) is 0 Å². The molecule has 18 heavy (non-hydrogen) atoms. The largest absolute Gasteiger partial charge is 0.383 e. The Bertz CT molecular complexity index is 345. The molecule has 8 heteroatoms. The molecule has 1 N–H and O–H groups in total. The van der Waals surface area contributed by atoms with Gasteiger partial charge in [0.15, 0.2) is 0 Å². The molecule has 104 valence electrons. The van der Waals surface area contributed by atoms with E-state index >= 15 is 0 Å². The summed E-state index contributed by atoms with van der Waals surface area (Å²) < 4.78 is 49.6. The minimum atomic E-state index is -4.72. The molecule has 0 bridgehead atoms. The Kier molecular flexibility index (Phi) is 4.74. The van der Waals surface area contributed by atoms with Gasteiger partial charge in [0.1, 0.15) is 5.78 Å². The zero-order chi connectivity index (χ0) is 14.0. The number of hydrogen-bond acceptors (Lipinski definition) is 2. The molecular weight excluding hydrogens is 322 g/mol. The number of ketones is 1. The summed E-state index contributed by atoms with van der Waals surface area (Å²) in [5.41, 5.74) is -1.08. The molecule has 0 unspecified atom stereocenters. The maximum absolute atomic E-state index is 12.8. The van der Waals surface area contributed by atoms with Gasteiger partial charge < -0.3 is 5.32 Å². The lowest BCUT2D eigenvalue weighted by Gasteiger charge is -2.42. The number of carbonyl (C=O) groups is 2. The first-order chi connectivity index (χ1) is 8.23. The van der Waals surface area contributed by atoms with Crippen molar-refractivity contribution in [1.82, 2.24) is 5.32 Å². The van der Waals surface area contributed by atoms with Crippen molar-refractivity contribution in [3.05, 3.63) is 0 Å². The molecule has 1 fully saturated rings. The number of Topliss-reactive ketones (excluding diaryl/α,β-unsaturated/α-hetero) is 1. The fourth-order valence-corrected chi connectivity index (χ4v) is 2.00. The Morgan fingerprint density at radius 3 is 2.22 bits per heavy atom. The number of alkyl halides is 5. The van der Waals surface area contributed by atoms with E-state index in [9.17, 15) is 27.2 Å². The molecule has 0 heterocycles. The summed E-state index contributed by atoms with van der Waals surface area (Å²) in [5.74, 6) is -7.00. The molecule has 0 aromatic heterocycles. The zero-order valence-electron chi connectivity index (χ0n) is 9.32. The number of nitrogens with one attached hydrogen (secondary N) is 1. The van der Waals surface area contributed by atoms with E-state index in [1.54, 1.807) is 0 Å². The van der Waals surface area contributed by atoms with Gasteiger partial charge in [-0.2, -0.15) is 8.78 Å². The van der Waals surface area contributed by atoms with Crippen molar-refractivity contribution >= 4 is 27.6 Å². The van der Waals surface area contributed by atoms with Crippen LogP contribution in [0.1, 0.15) is 25.7 Å². The van der Waals surface area contributed by atoms with E-state index in [2.05, 4.69) is 15.9 Å². The Morgan fingerprint density at radius 1 is 1.33 bits per heavy atom. The maximum Gasteiger partial charge on any atom is 0.383 e. The molecule has 0 saturated heterocycles. The van der Waals surface area contributed by atoms with Crippen LogP contribution in [0.5, 0.6) is 0 Å². The molecule has 0 atom stereocenters. The molecule has 1 aliphatic carbocycles. The van der Waals surface area contributed by atoms with E-state index in [1.807, 2.05) is 5.32 Å². The van der Waals surface area contributed by atoms with Crippen LogP contribution in [0.4, 0.5) is 17.6 Å². The SMILES string of the molecule is O=C(CBr)CC1(NC(=O)C(F)(F)C(F)F)CCC1. The third-order valence-corrected chi connectivity index (χ3v) is 3.58. The Balaban J connectivity index is 2.69. The zero-order valence-corrected chi connectivity index (χ0v) is 10.9. The van der Waals surface area contributed by atoms with Gasteiger partial charge in [-0.15, -0.1) is 0 Å². The second-order valence-electron chi connectivity index (χ2n) is 4.36.